The first-order valence-electron chi connectivity index (χ1n) is 6.43. The summed E-state index contributed by atoms with van der Waals surface area (Å²) in [6.45, 7) is 3.14. The van der Waals surface area contributed by atoms with E-state index in [2.05, 4.69) is 16.7 Å². The van der Waals surface area contributed by atoms with Gasteiger partial charge in [-0.3, -0.25) is 0 Å². The van der Waals surface area contributed by atoms with E-state index < -0.39 is 0 Å². The second-order valence-corrected chi connectivity index (χ2v) is 4.33. The Morgan fingerprint density at radius 2 is 2.05 bits per heavy atom. The van der Waals surface area contributed by atoms with Crippen molar-refractivity contribution in [2.75, 3.05) is 26.8 Å². The molecule has 5 nitrogen and oxygen atoms in total. The van der Waals surface area contributed by atoms with Crippen LogP contribution < -0.4 is 15.4 Å². The number of hydrogen-bond acceptors (Lipinski definition) is 3. The van der Waals surface area contributed by atoms with Gasteiger partial charge in [0.05, 0.1) is 7.11 Å². The smallest absolute Gasteiger partial charge is 0.314 e. The van der Waals surface area contributed by atoms with Gasteiger partial charge in [-0.2, -0.15) is 0 Å². The number of nitrogens with one attached hydrogen (secondary N) is 2. The molecule has 1 aromatic carbocycles. The predicted octanol–water partition coefficient (Wildman–Crippen LogP) is 1.23. The molecule has 0 saturated carbocycles. The van der Waals surface area contributed by atoms with E-state index in [0.29, 0.717) is 19.5 Å². The van der Waals surface area contributed by atoms with E-state index in [0.717, 1.165) is 17.7 Å². The van der Waals surface area contributed by atoms with Gasteiger partial charge in [0, 0.05) is 19.7 Å². The molecule has 19 heavy (non-hydrogen) atoms. The second-order valence-electron chi connectivity index (χ2n) is 4.33. The van der Waals surface area contributed by atoms with E-state index in [-0.39, 0.29) is 12.6 Å². The normalized spacial score (nSPS) is 10.1. The maximum atomic E-state index is 11.4. The molecule has 0 unspecified atom stereocenters. The number of urea groups is 1. The zero-order valence-corrected chi connectivity index (χ0v) is 11.5. The molecule has 0 radical (unpaired) electrons. The van der Waals surface area contributed by atoms with Crippen LogP contribution in [0.1, 0.15) is 17.5 Å². The number of ether oxygens (including phenoxy) is 1. The van der Waals surface area contributed by atoms with Crippen molar-refractivity contribution in [1.29, 1.82) is 0 Å². The van der Waals surface area contributed by atoms with Crippen molar-refractivity contribution in [3.8, 4) is 5.75 Å². The summed E-state index contributed by atoms with van der Waals surface area (Å²) < 4.78 is 5.28. The molecule has 0 aliphatic carbocycles. The topological polar surface area (TPSA) is 70.6 Å². The maximum Gasteiger partial charge on any atom is 0.314 e. The van der Waals surface area contributed by atoms with Crippen molar-refractivity contribution in [2.24, 2.45) is 0 Å². The lowest BCUT2D eigenvalue weighted by atomic mass is 10.1. The van der Waals surface area contributed by atoms with Crippen LogP contribution >= 0.6 is 0 Å². The Morgan fingerprint density at radius 1 is 1.32 bits per heavy atom. The Hall–Kier alpha value is -1.75. The third-order valence-electron chi connectivity index (χ3n) is 2.74. The van der Waals surface area contributed by atoms with Gasteiger partial charge in [-0.15, -0.1) is 0 Å². The van der Waals surface area contributed by atoms with Gasteiger partial charge in [0.2, 0.25) is 0 Å². The van der Waals surface area contributed by atoms with Gasteiger partial charge in [-0.05, 0) is 31.4 Å². The van der Waals surface area contributed by atoms with Crippen LogP contribution in [0.25, 0.3) is 0 Å². The van der Waals surface area contributed by atoms with E-state index in [4.69, 9.17) is 9.84 Å². The van der Waals surface area contributed by atoms with Crippen LogP contribution in [0.15, 0.2) is 18.2 Å². The summed E-state index contributed by atoms with van der Waals surface area (Å²) in [5.74, 6) is 0.841. The minimum Gasteiger partial charge on any atom is -0.496 e. The van der Waals surface area contributed by atoms with Crippen molar-refractivity contribution in [1.82, 2.24) is 10.6 Å². The fourth-order valence-electron chi connectivity index (χ4n) is 1.76. The zero-order chi connectivity index (χ0) is 14.1. The molecule has 0 bridgehead atoms. The molecule has 0 aliphatic heterocycles. The molecule has 5 heteroatoms. The summed E-state index contributed by atoms with van der Waals surface area (Å²) in [7, 11) is 1.64. The van der Waals surface area contributed by atoms with Crippen LogP contribution in [0.3, 0.4) is 0 Å². The number of aliphatic hydroxyl groups excluding tert-OH is 1. The molecule has 0 fully saturated rings. The summed E-state index contributed by atoms with van der Waals surface area (Å²) in [6, 6.07) is 5.79. The Balaban J connectivity index is 2.36. The van der Waals surface area contributed by atoms with E-state index in [9.17, 15) is 4.79 Å². The molecule has 0 aromatic heterocycles. The molecular weight excluding hydrogens is 244 g/mol. The predicted molar refractivity (Wildman–Crippen MR) is 74.5 cm³/mol. The van der Waals surface area contributed by atoms with Gasteiger partial charge >= 0.3 is 6.03 Å². The minimum absolute atomic E-state index is 0.0841. The van der Waals surface area contributed by atoms with Gasteiger partial charge in [0.15, 0.2) is 0 Å². The summed E-state index contributed by atoms with van der Waals surface area (Å²) in [4.78, 5) is 11.4. The molecule has 0 heterocycles. The van der Waals surface area contributed by atoms with E-state index in [1.807, 2.05) is 19.1 Å². The lowest BCUT2D eigenvalue weighted by molar-refractivity contribution is 0.238. The molecule has 106 valence electrons. The first-order chi connectivity index (χ1) is 9.17. The van der Waals surface area contributed by atoms with Gasteiger partial charge in [0.1, 0.15) is 5.75 Å². The Labute approximate surface area is 114 Å². The highest BCUT2D eigenvalue weighted by molar-refractivity contribution is 5.73. The number of aliphatic hydroxyl groups is 1. The molecule has 2 amide bonds. The zero-order valence-electron chi connectivity index (χ0n) is 11.5. The molecule has 1 rings (SSSR count). The highest BCUT2D eigenvalue weighted by atomic mass is 16.5. The summed E-state index contributed by atoms with van der Waals surface area (Å²) in [5, 5.41) is 14.0. The summed E-state index contributed by atoms with van der Waals surface area (Å²) in [6.07, 6.45) is 1.29. The molecule has 3 N–H and O–H groups in total. The lowest BCUT2D eigenvalue weighted by Gasteiger charge is -2.10. The van der Waals surface area contributed by atoms with Crippen LogP contribution in [-0.4, -0.2) is 37.9 Å². The fourth-order valence-corrected chi connectivity index (χ4v) is 1.76. The molecule has 0 saturated heterocycles. The second kappa shape index (κ2) is 8.37. The van der Waals surface area contributed by atoms with Crippen LogP contribution in [0, 0.1) is 6.92 Å². The third kappa shape index (κ3) is 5.61. The summed E-state index contributed by atoms with van der Waals surface area (Å²) in [5.41, 5.74) is 2.25. The summed E-state index contributed by atoms with van der Waals surface area (Å²) >= 11 is 0. The Bertz CT molecular complexity index is 408. The van der Waals surface area contributed by atoms with E-state index >= 15 is 0 Å². The van der Waals surface area contributed by atoms with Gasteiger partial charge < -0.3 is 20.5 Å². The molecule has 0 aliphatic rings. The Morgan fingerprint density at radius 3 is 2.74 bits per heavy atom. The highest BCUT2D eigenvalue weighted by Gasteiger charge is 2.04. The number of amides is 2. The monoisotopic (exact) mass is 266 g/mol. The fraction of sp³-hybridized carbons (Fsp3) is 0.500. The first kappa shape index (κ1) is 15.3. The molecule has 1 aromatic rings. The third-order valence-corrected chi connectivity index (χ3v) is 2.74. The van der Waals surface area contributed by atoms with Crippen molar-refractivity contribution >= 4 is 6.03 Å². The van der Waals surface area contributed by atoms with Crippen molar-refractivity contribution in [2.45, 2.75) is 19.8 Å². The average Bonchev–Trinajstić information content (AvgIpc) is 2.39. The standard InChI is InChI=1S/C14H22N2O3/c1-11-4-5-13(19-2)12(10-11)6-8-16-14(18)15-7-3-9-17/h4-5,10,17H,3,6-9H2,1-2H3,(H2,15,16,18). The van der Waals surface area contributed by atoms with Gasteiger partial charge in [-0.25, -0.2) is 4.79 Å². The highest BCUT2D eigenvalue weighted by Crippen LogP contribution is 2.19. The SMILES string of the molecule is COc1ccc(C)cc1CCNC(=O)NCCCO. The van der Waals surface area contributed by atoms with Crippen LogP contribution in [0.4, 0.5) is 4.79 Å². The molecule has 0 atom stereocenters. The number of rotatable bonds is 7. The van der Waals surface area contributed by atoms with Crippen molar-refractivity contribution in [3.05, 3.63) is 29.3 Å². The van der Waals surface area contributed by atoms with Crippen LogP contribution in [0.5, 0.6) is 5.75 Å². The number of benzene rings is 1. The molecule has 0 spiro atoms. The van der Waals surface area contributed by atoms with Crippen molar-refractivity contribution in [3.63, 3.8) is 0 Å². The number of methoxy groups -OCH3 is 1. The number of carbonyl (C=O) groups is 1. The lowest BCUT2D eigenvalue weighted by Crippen LogP contribution is -2.37. The minimum atomic E-state index is -0.208. The average molecular weight is 266 g/mol. The van der Waals surface area contributed by atoms with Crippen LogP contribution in [0.2, 0.25) is 0 Å². The maximum absolute atomic E-state index is 11.4. The Kier molecular flexibility index (Phi) is 6.74. The number of hydrogen-bond donors (Lipinski definition) is 3. The van der Waals surface area contributed by atoms with Crippen molar-refractivity contribution < 1.29 is 14.6 Å². The number of aryl methyl sites for hydroxylation is 1. The van der Waals surface area contributed by atoms with E-state index in [1.165, 1.54) is 5.56 Å². The van der Waals surface area contributed by atoms with Gasteiger partial charge in [-0.1, -0.05) is 17.7 Å². The van der Waals surface area contributed by atoms with Gasteiger partial charge in [0.25, 0.3) is 0 Å². The van der Waals surface area contributed by atoms with E-state index in [1.54, 1.807) is 7.11 Å². The largest absolute Gasteiger partial charge is 0.496 e. The van der Waals surface area contributed by atoms with Crippen LogP contribution in [-0.2, 0) is 6.42 Å². The quantitative estimate of drug-likeness (QED) is 0.650. The number of carbonyl (C=O) groups excluding carboxylic acids is 1. The first-order valence-corrected chi connectivity index (χ1v) is 6.43. The molecular formula is C14H22N2O3.